The Morgan fingerprint density at radius 3 is 2.50 bits per heavy atom. The van der Waals surface area contributed by atoms with Gasteiger partial charge in [-0.15, -0.1) is 6.58 Å². The molecule has 0 saturated carbocycles. The summed E-state index contributed by atoms with van der Waals surface area (Å²) in [6, 6.07) is 0. The zero-order valence-electron chi connectivity index (χ0n) is 6.81. The summed E-state index contributed by atoms with van der Waals surface area (Å²) in [5.74, 6) is -0.893. The molecule has 0 fully saturated rings. The highest BCUT2D eigenvalue weighted by molar-refractivity contribution is 5.66. The van der Waals surface area contributed by atoms with Crippen molar-refractivity contribution in [3.63, 3.8) is 0 Å². The molecule has 0 aromatic carbocycles. The van der Waals surface area contributed by atoms with E-state index in [0.717, 1.165) is 0 Å². The van der Waals surface area contributed by atoms with Crippen molar-refractivity contribution in [2.45, 2.75) is 31.5 Å². The molecular weight excluding hydrogens is 160 g/mol. The summed E-state index contributed by atoms with van der Waals surface area (Å²) in [6.07, 6.45) is 0.0217. The smallest absolute Gasteiger partial charge is 0.303 e. The predicted octanol–water partition coefficient (Wildman–Crippen LogP) is 0.149. The molecule has 12 heavy (non-hydrogen) atoms. The van der Waals surface area contributed by atoms with Crippen LogP contribution in [0.1, 0.15) is 19.3 Å². The molecule has 0 spiro atoms. The summed E-state index contributed by atoms with van der Waals surface area (Å²) >= 11 is 0. The first kappa shape index (κ1) is 11.1. The molecule has 0 radical (unpaired) electrons. The van der Waals surface area contributed by atoms with Crippen LogP contribution in [0.25, 0.3) is 0 Å². The van der Waals surface area contributed by atoms with Gasteiger partial charge in [-0.05, 0) is 12.8 Å². The molecule has 0 aliphatic heterocycles. The highest BCUT2D eigenvalue weighted by Crippen LogP contribution is 2.05. The van der Waals surface area contributed by atoms with Crippen LogP contribution in [-0.2, 0) is 4.79 Å². The first-order valence-electron chi connectivity index (χ1n) is 3.78. The third kappa shape index (κ3) is 4.87. The molecule has 0 saturated heterocycles. The topological polar surface area (TPSA) is 77.8 Å². The Bertz CT molecular complexity index is 155. The van der Waals surface area contributed by atoms with Gasteiger partial charge < -0.3 is 15.3 Å². The second kappa shape index (κ2) is 5.74. The van der Waals surface area contributed by atoms with Gasteiger partial charge in [-0.1, -0.05) is 6.08 Å². The minimum Gasteiger partial charge on any atom is -0.481 e. The van der Waals surface area contributed by atoms with Crippen molar-refractivity contribution in [1.82, 2.24) is 0 Å². The van der Waals surface area contributed by atoms with Crippen molar-refractivity contribution in [2.75, 3.05) is 0 Å². The van der Waals surface area contributed by atoms with Gasteiger partial charge in [0.25, 0.3) is 0 Å². The van der Waals surface area contributed by atoms with E-state index in [0.29, 0.717) is 6.42 Å². The van der Waals surface area contributed by atoms with E-state index in [1.807, 2.05) is 0 Å². The summed E-state index contributed by atoms with van der Waals surface area (Å²) in [6.45, 7) is 3.30. The Labute approximate surface area is 71.1 Å². The molecule has 0 bridgehead atoms. The molecule has 3 N–H and O–H groups in total. The van der Waals surface area contributed by atoms with Gasteiger partial charge in [-0.2, -0.15) is 0 Å². The lowest BCUT2D eigenvalue weighted by molar-refractivity contribution is -0.137. The lowest BCUT2D eigenvalue weighted by Crippen LogP contribution is -2.23. The average Bonchev–Trinajstić information content (AvgIpc) is 2.02. The third-order valence-electron chi connectivity index (χ3n) is 1.53. The fourth-order valence-corrected chi connectivity index (χ4v) is 0.790. The predicted molar refractivity (Wildman–Crippen MR) is 43.7 cm³/mol. The van der Waals surface area contributed by atoms with Crippen LogP contribution in [0.15, 0.2) is 12.7 Å². The van der Waals surface area contributed by atoms with Gasteiger partial charge in [0, 0.05) is 6.42 Å². The van der Waals surface area contributed by atoms with Gasteiger partial charge in [-0.25, -0.2) is 0 Å². The molecule has 0 rings (SSSR count). The maximum absolute atomic E-state index is 10.1. The first-order chi connectivity index (χ1) is 5.57. The molecular formula is C8H14O4. The average molecular weight is 174 g/mol. The number of aliphatic hydroxyl groups is 2. The largest absolute Gasteiger partial charge is 0.481 e. The Morgan fingerprint density at radius 2 is 2.08 bits per heavy atom. The highest BCUT2D eigenvalue weighted by atomic mass is 16.4. The SMILES string of the molecule is C=CC(O)C(O)CCCC(=O)O. The van der Waals surface area contributed by atoms with Crippen molar-refractivity contribution >= 4 is 5.97 Å². The Balaban J connectivity index is 3.49. The number of carboxylic acid groups (broad SMARTS) is 1. The van der Waals surface area contributed by atoms with E-state index in [2.05, 4.69) is 6.58 Å². The minimum atomic E-state index is -0.959. The van der Waals surface area contributed by atoms with Crippen LogP contribution < -0.4 is 0 Å². The molecule has 0 aliphatic carbocycles. The van der Waals surface area contributed by atoms with Crippen LogP contribution in [0.5, 0.6) is 0 Å². The van der Waals surface area contributed by atoms with Crippen LogP contribution in [-0.4, -0.2) is 33.5 Å². The second-order valence-corrected chi connectivity index (χ2v) is 2.58. The van der Waals surface area contributed by atoms with E-state index in [-0.39, 0.29) is 12.8 Å². The lowest BCUT2D eigenvalue weighted by atomic mass is 10.1. The van der Waals surface area contributed by atoms with E-state index in [9.17, 15) is 4.79 Å². The number of carbonyl (C=O) groups is 1. The standard InChI is InChI=1S/C8H14O4/c1-2-6(9)7(10)4-3-5-8(11)12/h2,6-7,9-10H,1,3-5H2,(H,11,12). The van der Waals surface area contributed by atoms with E-state index >= 15 is 0 Å². The fraction of sp³-hybridized carbons (Fsp3) is 0.625. The molecule has 70 valence electrons. The third-order valence-corrected chi connectivity index (χ3v) is 1.53. The van der Waals surface area contributed by atoms with Crippen LogP contribution in [0, 0.1) is 0 Å². The summed E-state index contributed by atoms with van der Waals surface area (Å²) in [7, 11) is 0. The van der Waals surface area contributed by atoms with Crippen LogP contribution in [0.2, 0.25) is 0 Å². The number of aliphatic hydroxyl groups excluding tert-OH is 2. The first-order valence-corrected chi connectivity index (χ1v) is 3.78. The van der Waals surface area contributed by atoms with Gasteiger partial charge >= 0.3 is 5.97 Å². The van der Waals surface area contributed by atoms with Gasteiger partial charge in [0.1, 0.15) is 0 Å². The molecule has 0 aromatic heterocycles. The molecule has 0 heterocycles. The quantitative estimate of drug-likeness (QED) is 0.501. The van der Waals surface area contributed by atoms with E-state index in [1.165, 1.54) is 6.08 Å². The van der Waals surface area contributed by atoms with Crippen molar-refractivity contribution < 1.29 is 20.1 Å². The number of hydrogen-bond donors (Lipinski definition) is 3. The van der Waals surface area contributed by atoms with Crippen molar-refractivity contribution in [1.29, 1.82) is 0 Å². The zero-order chi connectivity index (χ0) is 9.56. The number of hydrogen-bond acceptors (Lipinski definition) is 3. The molecule has 0 aromatic rings. The van der Waals surface area contributed by atoms with Gasteiger partial charge in [-0.3, -0.25) is 4.79 Å². The molecule has 0 aliphatic rings. The summed E-state index contributed by atoms with van der Waals surface area (Å²) in [5.41, 5.74) is 0. The molecule has 4 heteroatoms. The summed E-state index contributed by atoms with van der Waals surface area (Å²) in [5, 5.41) is 26.4. The minimum absolute atomic E-state index is 0.0148. The second-order valence-electron chi connectivity index (χ2n) is 2.58. The zero-order valence-corrected chi connectivity index (χ0v) is 6.81. The number of rotatable bonds is 6. The monoisotopic (exact) mass is 174 g/mol. The Hall–Kier alpha value is -0.870. The number of aliphatic carboxylic acids is 1. The van der Waals surface area contributed by atoms with E-state index in [1.54, 1.807) is 0 Å². The fourth-order valence-electron chi connectivity index (χ4n) is 0.790. The van der Waals surface area contributed by atoms with Crippen LogP contribution >= 0.6 is 0 Å². The van der Waals surface area contributed by atoms with Gasteiger partial charge in [0.05, 0.1) is 12.2 Å². The molecule has 2 atom stereocenters. The molecule has 4 nitrogen and oxygen atoms in total. The lowest BCUT2D eigenvalue weighted by Gasteiger charge is -2.12. The van der Waals surface area contributed by atoms with Gasteiger partial charge in [0.15, 0.2) is 0 Å². The van der Waals surface area contributed by atoms with Gasteiger partial charge in [0.2, 0.25) is 0 Å². The Kier molecular flexibility index (Phi) is 5.32. The molecule has 0 amide bonds. The van der Waals surface area contributed by atoms with E-state index in [4.69, 9.17) is 15.3 Å². The summed E-state index contributed by atoms with van der Waals surface area (Å²) in [4.78, 5) is 10.1. The van der Waals surface area contributed by atoms with Crippen molar-refractivity contribution in [3.8, 4) is 0 Å². The number of carboxylic acids is 1. The van der Waals surface area contributed by atoms with Crippen LogP contribution in [0.4, 0.5) is 0 Å². The summed E-state index contributed by atoms with van der Waals surface area (Å²) < 4.78 is 0. The normalized spacial score (nSPS) is 15.2. The van der Waals surface area contributed by atoms with Crippen LogP contribution in [0.3, 0.4) is 0 Å². The van der Waals surface area contributed by atoms with Crippen molar-refractivity contribution in [3.05, 3.63) is 12.7 Å². The maximum atomic E-state index is 10.1. The molecule has 2 unspecified atom stereocenters. The van der Waals surface area contributed by atoms with E-state index < -0.39 is 18.2 Å². The maximum Gasteiger partial charge on any atom is 0.303 e. The van der Waals surface area contributed by atoms with Crippen molar-refractivity contribution in [2.24, 2.45) is 0 Å². The highest BCUT2D eigenvalue weighted by Gasteiger charge is 2.12. The Morgan fingerprint density at radius 1 is 1.50 bits per heavy atom.